The molecule has 6 nitrogen and oxygen atoms in total. The maximum Gasteiger partial charge on any atom is 0.257 e. The van der Waals surface area contributed by atoms with Crippen LogP contribution >= 0.6 is 11.8 Å². The van der Waals surface area contributed by atoms with Crippen molar-refractivity contribution in [3.8, 4) is 0 Å². The van der Waals surface area contributed by atoms with Gasteiger partial charge in [-0.15, -0.1) is 0 Å². The number of nitrogens with zero attached hydrogens (tertiary/aromatic N) is 3. The maximum absolute atomic E-state index is 12.8. The molecule has 1 aliphatic heterocycles. The number of oxazole rings is 1. The van der Waals surface area contributed by atoms with Gasteiger partial charge in [-0.1, -0.05) is 54.2 Å². The second-order valence-corrected chi connectivity index (χ2v) is 8.73. The molecule has 1 aliphatic carbocycles. The highest BCUT2D eigenvalue weighted by atomic mass is 32.2. The third-order valence-electron chi connectivity index (χ3n) is 5.87. The van der Waals surface area contributed by atoms with E-state index >= 15 is 0 Å². The minimum absolute atomic E-state index is 0.0583. The molecule has 0 spiro atoms. The van der Waals surface area contributed by atoms with E-state index in [1.807, 2.05) is 52.3 Å². The zero-order chi connectivity index (χ0) is 20.5. The first-order valence-corrected chi connectivity index (χ1v) is 11.3. The number of carbonyl (C=O) groups excluding carboxylic acids is 2. The van der Waals surface area contributed by atoms with Crippen molar-refractivity contribution in [2.75, 3.05) is 31.9 Å². The average Bonchev–Trinajstić information content (AvgIpc) is 3.49. The molecular weight excluding hydrogens is 398 g/mol. The van der Waals surface area contributed by atoms with Crippen molar-refractivity contribution < 1.29 is 14.0 Å². The van der Waals surface area contributed by atoms with Crippen LogP contribution in [0.25, 0.3) is 11.1 Å². The second kappa shape index (κ2) is 8.14. The van der Waals surface area contributed by atoms with Gasteiger partial charge in [-0.3, -0.25) is 9.59 Å². The second-order valence-electron chi connectivity index (χ2n) is 7.80. The largest absolute Gasteiger partial charge is 0.431 e. The molecule has 0 bridgehead atoms. The molecular formula is C23H23N3O3S. The monoisotopic (exact) mass is 421 g/mol. The molecule has 2 amide bonds. The van der Waals surface area contributed by atoms with Gasteiger partial charge >= 0.3 is 0 Å². The highest BCUT2D eigenvalue weighted by molar-refractivity contribution is 7.99. The number of benzene rings is 2. The van der Waals surface area contributed by atoms with E-state index in [1.54, 1.807) is 0 Å². The molecule has 30 heavy (non-hydrogen) atoms. The van der Waals surface area contributed by atoms with Crippen molar-refractivity contribution in [3.05, 3.63) is 60.2 Å². The Morgan fingerprint density at radius 1 is 0.967 bits per heavy atom. The summed E-state index contributed by atoms with van der Waals surface area (Å²) in [5.74, 6) is 1.04. The van der Waals surface area contributed by atoms with Crippen LogP contribution in [0.3, 0.4) is 0 Å². The Morgan fingerprint density at radius 3 is 2.43 bits per heavy atom. The van der Waals surface area contributed by atoms with Crippen LogP contribution in [-0.2, 0) is 9.59 Å². The summed E-state index contributed by atoms with van der Waals surface area (Å²) in [5.41, 5.74) is 2.78. The molecule has 2 aliphatic rings. The highest BCUT2D eigenvalue weighted by Gasteiger charge is 2.46. The predicted octanol–water partition coefficient (Wildman–Crippen LogP) is 3.39. The van der Waals surface area contributed by atoms with Gasteiger partial charge in [0.25, 0.3) is 5.22 Å². The van der Waals surface area contributed by atoms with E-state index in [0.717, 1.165) is 17.5 Å². The van der Waals surface area contributed by atoms with E-state index in [-0.39, 0.29) is 17.7 Å². The number of carbonyl (C=O) groups is 2. The number of para-hydroxylation sites is 2. The highest BCUT2D eigenvalue weighted by Crippen LogP contribution is 2.48. The van der Waals surface area contributed by atoms with Crippen LogP contribution in [0.4, 0.5) is 0 Å². The van der Waals surface area contributed by atoms with Crippen molar-refractivity contribution >= 4 is 34.7 Å². The summed E-state index contributed by atoms with van der Waals surface area (Å²) in [4.78, 5) is 33.5. The lowest BCUT2D eigenvalue weighted by Crippen LogP contribution is -2.51. The minimum atomic E-state index is 0.0583. The van der Waals surface area contributed by atoms with Crippen LogP contribution in [0.15, 0.2) is 64.2 Å². The van der Waals surface area contributed by atoms with Crippen molar-refractivity contribution in [2.24, 2.45) is 5.92 Å². The van der Waals surface area contributed by atoms with Gasteiger partial charge in [0.15, 0.2) is 5.58 Å². The van der Waals surface area contributed by atoms with Crippen molar-refractivity contribution in [2.45, 2.75) is 17.6 Å². The Morgan fingerprint density at radius 2 is 1.67 bits per heavy atom. The first-order chi connectivity index (χ1) is 14.7. The number of hydrogen-bond acceptors (Lipinski definition) is 5. The topological polar surface area (TPSA) is 66.7 Å². The first-order valence-electron chi connectivity index (χ1n) is 10.3. The van der Waals surface area contributed by atoms with E-state index < -0.39 is 0 Å². The molecule has 3 aromatic rings. The lowest BCUT2D eigenvalue weighted by atomic mass is 10.1. The molecule has 0 radical (unpaired) electrons. The smallest absolute Gasteiger partial charge is 0.257 e. The van der Waals surface area contributed by atoms with E-state index in [0.29, 0.717) is 43.1 Å². The van der Waals surface area contributed by atoms with E-state index in [1.165, 1.54) is 17.3 Å². The SMILES string of the molecule is O=C(CSc1nc2ccccc2o1)N1CCN(C(=O)C2CC2c2ccccc2)CC1. The molecule has 154 valence electrons. The van der Waals surface area contributed by atoms with Crippen LogP contribution in [0.2, 0.25) is 0 Å². The minimum Gasteiger partial charge on any atom is -0.431 e. The van der Waals surface area contributed by atoms with Crippen molar-refractivity contribution in [1.29, 1.82) is 0 Å². The lowest BCUT2D eigenvalue weighted by molar-refractivity contribution is -0.139. The fourth-order valence-corrected chi connectivity index (χ4v) is 4.82. The van der Waals surface area contributed by atoms with Crippen molar-refractivity contribution in [1.82, 2.24) is 14.8 Å². The normalized spacial score (nSPS) is 21.1. The summed E-state index contributed by atoms with van der Waals surface area (Å²) in [7, 11) is 0. The third kappa shape index (κ3) is 3.94. The summed E-state index contributed by atoms with van der Waals surface area (Å²) >= 11 is 1.32. The Hall–Kier alpha value is -2.80. The molecule has 1 saturated heterocycles. The quantitative estimate of drug-likeness (QED) is 0.591. The average molecular weight is 422 g/mol. The van der Waals surface area contributed by atoms with Crippen molar-refractivity contribution in [3.63, 3.8) is 0 Å². The Labute approximate surface area is 179 Å². The summed E-state index contributed by atoms with van der Waals surface area (Å²) in [5, 5.41) is 0.513. The number of fused-ring (bicyclic) bond motifs is 1. The zero-order valence-corrected chi connectivity index (χ0v) is 17.4. The van der Waals surface area contributed by atoms with E-state index in [9.17, 15) is 9.59 Å². The molecule has 1 aromatic heterocycles. The number of piperazine rings is 1. The third-order valence-corrected chi connectivity index (χ3v) is 6.69. The Balaban J connectivity index is 1.10. The van der Waals surface area contributed by atoms with E-state index in [2.05, 4.69) is 17.1 Å². The molecule has 0 N–H and O–H groups in total. The number of hydrogen-bond donors (Lipinski definition) is 0. The van der Waals surface area contributed by atoms with Crippen LogP contribution in [0.1, 0.15) is 17.9 Å². The fourth-order valence-electron chi connectivity index (χ4n) is 4.07. The fraction of sp³-hybridized carbons (Fsp3) is 0.348. The van der Waals surface area contributed by atoms with Gasteiger partial charge in [-0.2, -0.15) is 0 Å². The standard InChI is InChI=1S/C23H23N3O3S/c27-21(15-30-23-24-19-8-4-5-9-20(19)29-23)25-10-12-26(13-11-25)22(28)18-14-17(18)16-6-2-1-3-7-16/h1-9,17-18H,10-15H2. The van der Waals surface area contributed by atoms with Crippen LogP contribution in [0, 0.1) is 5.92 Å². The molecule has 2 atom stereocenters. The van der Waals surface area contributed by atoms with Gasteiger partial charge in [-0.25, -0.2) is 4.98 Å². The van der Waals surface area contributed by atoms with Crippen LogP contribution in [0.5, 0.6) is 0 Å². The maximum atomic E-state index is 12.8. The van der Waals surface area contributed by atoms with Crippen LogP contribution in [-0.4, -0.2) is 58.5 Å². The summed E-state index contributed by atoms with van der Waals surface area (Å²) < 4.78 is 5.66. The zero-order valence-electron chi connectivity index (χ0n) is 16.6. The number of amides is 2. The van der Waals surface area contributed by atoms with Gasteiger partial charge in [0, 0.05) is 32.1 Å². The molecule has 2 heterocycles. The van der Waals surface area contributed by atoms with Gasteiger partial charge in [0.1, 0.15) is 5.52 Å². The molecule has 1 saturated carbocycles. The first kappa shape index (κ1) is 19.2. The predicted molar refractivity (Wildman–Crippen MR) is 115 cm³/mol. The molecule has 2 aromatic carbocycles. The van der Waals surface area contributed by atoms with Gasteiger partial charge in [0.05, 0.1) is 5.75 Å². The lowest BCUT2D eigenvalue weighted by Gasteiger charge is -2.35. The summed E-state index contributed by atoms with van der Waals surface area (Å²) in [6.07, 6.45) is 0.934. The molecule has 2 fully saturated rings. The van der Waals surface area contributed by atoms with Gasteiger partial charge in [-0.05, 0) is 30.0 Å². The van der Waals surface area contributed by atoms with E-state index in [4.69, 9.17) is 4.42 Å². The molecule has 7 heteroatoms. The summed E-state index contributed by atoms with van der Waals surface area (Å²) in [6.45, 7) is 2.38. The number of rotatable bonds is 5. The van der Waals surface area contributed by atoms with Crippen LogP contribution < -0.4 is 0 Å². The molecule has 5 rings (SSSR count). The van der Waals surface area contributed by atoms with Gasteiger partial charge in [0.2, 0.25) is 11.8 Å². The molecule has 2 unspecified atom stereocenters. The Kier molecular flexibility index (Phi) is 5.21. The number of aromatic nitrogens is 1. The summed E-state index contributed by atoms with van der Waals surface area (Å²) in [6, 6.07) is 17.8. The Bertz CT molecular complexity index is 1030. The van der Waals surface area contributed by atoms with Gasteiger partial charge < -0.3 is 14.2 Å². The number of thioether (sulfide) groups is 1.